The summed E-state index contributed by atoms with van der Waals surface area (Å²) in [6.45, 7) is 2.08. The Kier molecular flexibility index (Phi) is 7.33. The van der Waals surface area contributed by atoms with E-state index in [-0.39, 0.29) is 70.0 Å². The van der Waals surface area contributed by atoms with Gasteiger partial charge < -0.3 is 19.5 Å². The maximum absolute atomic E-state index is 16.4. The quantitative estimate of drug-likeness (QED) is 0.221. The summed E-state index contributed by atoms with van der Waals surface area (Å²) in [4.78, 5) is 15.3. The van der Waals surface area contributed by atoms with Gasteiger partial charge in [0.05, 0.1) is 24.9 Å². The number of nitrogens with zero attached hydrogens (tertiary/aromatic N) is 4. The van der Waals surface area contributed by atoms with Crippen LogP contribution in [0.3, 0.4) is 0 Å². The zero-order valence-corrected chi connectivity index (χ0v) is 21.6. The van der Waals surface area contributed by atoms with Crippen molar-refractivity contribution in [1.82, 2.24) is 15.0 Å². The molecule has 1 aliphatic rings. The van der Waals surface area contributed by atoms with Crippen LogP contribution in [0.25, 0.3) is 32.9 Å². The van der Waals surface area contributed by atoms with Crippen LogP contribution < -0.4 is 14.4 Å². The minimum Gasteiger partial charge on any atom is -0.508 e. The smallest absolute Gasteiger partial charge is 0.319 e. The Labute approximate surface area is 223 Å². The molecule has 2 aromatic heterocycles. The maximum Gasteiger partial charge on any atom is 0.319 e. The highest BCUT2D eigenvalue weighted by atomic mass is 19.1. The van der Waals surface area contributed by atoms with Crippen LogP contribution in [0.15, 0.2) is 24.3 Å². The number of aromatic hydroxyl groups is 1. The van der Waals surface area contributed by atoms with Gasteiger partial charge in [-0.3, -0.25) is 4.39 Å². The molecule has 3 heterocycles. The van der Waals surface area contributed by atoms with Gasteiger partial charge in [0.15, 0.2) is 5.82 Å². The van der Waals surface area contributed by atoms with Crippen molar-refractivity contribution < 1.29 is 27.8 Å². The number of terminal acetylenes is 1. The minimum absolute atomic E-state index is 0.0422. The molecule has 0 radical (unpaired) electrons. The Bertz CT molecular complexity index is 1610. The average Bonchev–Trinajstić information content (AvgIpc) is 3.06. The molecule has 39 heavy (non-hydrogen) atoms. The van der Waals surface area contributed by atoms with E-state index in [0.717, 1.165) is 0 Å². The molecule has 0 saturated carbocycles. The number of unbranched alkanes of at least 4 members (excludes halogenated alkanes) is 2. The molecule has 0 bridgehead atoms. The van der Waals surface area contributed by atoms with Gasteiger partial charge in [-0.25, -0.2) is 13.8 Å². The number of hydrogen-bond acceptors (Lipinski definition) is 7. The van der Waals surface area contributed by atoms with Crippen LogP contribution in [0, 0.1) is 24.0 Å². The van der Waals surface area contributed by atoms with Crippen LogP contribution in [-0.2, 0) is 0 Å². The second kappa shape index (κ2) is 10.8. The zero-order valence-electron chi connectivity index (χ0n) is 21.6. The van der Waals surface area contributed by atoms with Crippen LogP contribution in [0.1, 0.15) is 38.2 Å². The van der Waals surface area contributed by atoms with E-state index in [4.69, 9.17) is 15.9 Å². The monoisotopic (exact) mass is 536 g/mol. The molecular formula is C29H27F3N4O3. The lowest BCUT2D eigenvalue weighted by Gasteiger charge is -2.25. The second-order valence-corrected chi connectivity index (χ2v) is 9.37. The molecule has 2 aromatic carbocycles. The second-order valence-electron chi connectivity index (χ2n) is 9.37. The van der Waals surface area contributed by atoms with Crippen molar-refractivity contribution in [3.05, 3.63) is 41.5 Å². The average molecular weight is 537 g/mol. The highest BCUT2D eigenvalue weighted by Crippen LogP contribution is 2.43. The maximum atomic E-state index is 16.4. The topological polar surface area (TPSA) is 80.6 Å². The highest BCUT2D eigenvalue weighted by molar-refractivity contribution is 6.04. The Morgan fingerprint density at radius 3 is 2.72 bits per heavy atom. The predicted molar refractivity (Wildman–Crippen MR) is 143 cm³/mol. The fraction of sp³-hybridized carbons (Fsp3) is 0.345. The molecule has 1 atom stereocenters. The first-order valence-corrected chi connectivity index (χ1v) is 12.8. The molecule has 202 valence electrons. The number of phenols is 1. The minimum atomic E-state index is -0.828. The van der Waals surface area contributed by atoms with Crippen molar-refractivity contribution in [2.75, 3.05) is 31.8 Å². The third kappa shape index (κ3) is 4.73. The number of halogens is 3. The van der Waals surface area contributed by atoms with Crippen LogP contribution in [0.2, 0.25) is 0 Å². The number of rotatable bonds is 8. The number of ether oxygens (including phenoxy) is 2. The molecule has 0 amide bonds. The molecule has 0 unspecified atom stereocenters. The molecule has 0 spiro atoms. The third-order valence-electron chi connectivity index (χ3n) is 6.94. The number of benzene rings is 2. The molecule has 7 nitrogen and oxygen atoms in total. The van der Waals surface area contributed by atoms with E-state index in [1.807, 2.05) is 18.9 Å². The lowest BCUT2D eigenvalue weighted by molar-refractivity contribution is 0.277. The van der Waals surface area contributed by atoms with Crippen molar-refractivity contribution in [2.45, 2.75) is 38.6 Å². The Morgan fingerprint density at radius 1 is 1.15 bits per heavy atom. The Morgan fingerprint density at radius 2 is 1.97 bits per heavy atom. The van der Waals surface area contributed by atoms with E-state index in [1.165, 1.54) is 24.3 Å². The van der Waals surface area contributed by atoms with Crippen LogP contribution in [0.5, 0.6) is 17.6 Å². The Balaban J connectivity index is 1.76. The van der Waals surface area contributed by atoms with Gasteiger partial charge in [0.1, 0.15) is 40.6 Å². The van der Waals surface area contributed by atoms with Gasteiger partial charge in [0.25, 0.3) is 0 Å². The van der Waals surface area contributed by atoms with Crippen molar-refractivity contribution >= 4 is 27.5 Å². The lowest BCUT2D eigenvalue weighted by Crippen LogP contribution is -2.35. The van der Waals surface area contributed by atoms with Gasteiger partial charge in [0.2, 0.25) is 5.88 Å². The summed E-state index contributed by atoms with van der Waals surface area (Å²) in [6, 6.07) is 5.22. The SMILES string of the molecule is C#Cc1c(F)ccc2cc(O)cc(-c3nc4c5c(nc(OCCCCCF)nc5c3F)N(C)[C@@H](CC)CO4)c12. The standard InChI is InChI=1S/C29H27F3N4O3/c1-4-17-15-39-28-23-26(34-29(35-27(23)36(17)3)38-12-8-6-7-11-30)24(32)25(33-28)20-14-18(37)13-16-9-10-21(31)19(5-2)22(16)20/h2,9-10,13-14,17,37H,4,6-8,11-12,15H2,1,3H3/t17-/m0/s1. The van der Waals surface area contributed by atoms with E-state index in [2.05, 4.69) is 20.9 Å². The van der Waals surface area contributed by atoms with Gasteiger partial charge in [-0.1, -0.05) is 18.9 Å². The van der Waals surface area contributed by atoms with Gasteiger partial charge in [0, 0.05) is 18.0 Å². The van der Waals surface area contributed by atoms with Gasteiger partial charge in [-0.15, -0.1) is 6.42 Å². The summed E-state index contributed by atoms with van der Waals surface area (Å²) in [5, 5.41) is 11.4. The van der Waals surface area contributed by atoms with Crippen molar-refractivity contribution in [3.8, 4) is 41.2 Å². The summed E-state index contributed by atoms with van der Waals surface area (Å²) in [7, 11) is 1.83. The summed E-state index contributed by atoms with van der Waals surface area (Å²) in [5.74, 6) is 1.17. The number of hydrogen-bond donors (Lipinski definition) is 1. The van der Waals surface area contributed by atoms with E-state index < -0.39 is 18.3 Å². The van der Waals surface area contributed by atoms with Crippen molar-refractivity contribution in [2.24, 2.45) is 0 Å². The summed E-state index contributed by atoms with van der Waals surface area (Å²) in [6.07, 6.45) is 7.98. The lowest BCUT2D eigenvalue weighted by atomic mass is 9.95. The molecule has 0 aliphatic carbocycles. The highest BCUT2D eigenvalue weighted by Gasteiger charge is 2.31. The molecule has 10 heteroatoms. The van der Waals surface area contributed by atoms with Gasteiger partial charge in [-0.05, 0) is 49.3 Å². The van der Waals surface area contributed by atoms with Crippen LogP contribution >= 0.6 is 0 Å². The first kappa shape index (κ1) is 26.4. The number of phenolic OH excluding ortho intramolecular Hbond substituents is 1. The van der Waals surface area contributed by atoms with Crippen LogP contribution in [-0.4, -0.2) is 53.0 Å². The molecule has 1 aliphatic heterocycles. The molecular weight excluding hydrogens is 509 g/mol. The number of aromatic nitrogens is 3. The third-order valence-corrected chi connectivity index (χ3v) is 6.94. The first-order valence-electron chi connectivity index (χ1n) is 12.8. The van der Waals surface area contributed by atoms with E-state index in [0.29, 0.717) is 36.9 Å². The number of pyridine rings is 1. The number of likely N-dealkylation sites (N-methyl/N-ethyl adjacent to an activating group) is 1. The van der Waals surface area contributed by atoms with Gasteiger partial charge in [-0.2, -0.15) is 9.97 Å². The molecule has 0 fully saturated rings. The Hall–Kier alpha value is -4.26. The van der Waals surface area contributed by atoms with Crippen molar-refractivity contribution in [1.29, 1.82) is 0 Å². The van der Waals surface area contributed by atoms with Crippen LogP contribution in [0.4, 0.5) is 19.0 Å². The number of alkyl halides is 1. The van der Waals surface area contributed by atoms with E-state index in [1.54, 1.807) is 0 Å². The summed E-state index contributed by atoms with van der Waals surface area (Å²) >= 11 is 0. The zero-order chi connectivity index (χ0) is 27.7. The summed E-state index contributed by atoms with van der Waals surface area (Å²) in [5.41, 5.74) is -0.300. The first-order chi connectivity index (χ1) is 18.9. The fourth-order valence-corrected chi connectivity index (χ4v) is 4.85. The van der Waals surface area contributed by atoms with E-state index >= 15 is 4.39 Å². The molecule has 4 aromatic rings. The fourth-order valence-electron chi connectivity index (χ4n) is 4.85. The van der Waals surface area contributed by atoms with E-state index in [9.17, 15) is 13.9 Å². The largest absolute Gasteiger partial charge is 0.508 e. The number of anilines is 1. The molecule has 0 saturated heterocycles. The summed E-state index contributed by atoms with van der Waals surface area (Å²) < 4.78 is 55.4. The molecule has 1 N–H and O–H groups in total. The normalized spacial score (nSPS) is 14.8. The van der Waals surface area contributed by atoms with Crippen molar-refractivity contribution in [3.63, 3.8) is 0 Å². The van der Waals surface area contributed by atoms with Gasteiger partial charge >= 0.3 is 6.01 Å². The predicted octanol–water partition coefficient (Wildman–Crippen LogP) is 5.94. The number of fused-ring (bicyclic) bond motifs is 1. The molecule has 5 rings (SSSR count).